The summed E-state index contributed by atoms with van der Waals surface area (Å²) >= 11 is 0. The second kappa shape index (κ2) is 5.77. The molecule has 3 nitrogen and oxygen atoms in total. The summed E-state index contributed by atoms with van der Waals surface area (Å²) in [7, 11) is 0. The van der Waals surface area contributed by atoms with E-state index in [4.69, 9.17) is 4.74 Å². The molecule has 0 aliphatic heterocycles. The first-order valence-electron chi connectivity index (χ1n) is 5.74. The fraction of sp³-hybridized carbons (Fsp3) is 0.308. The molecule has 0 aliphatic rings. The number of H-pyrrole nitrogens is 1. The molecular formula is C13H12F3NO2. The molecule has 0 spiro atoms. The number of benzene rings is 1. The van der Waals surface area contributed by atoms with Crippen LogP contribution in [0.2, 0.25) is 0 Å². The van der Waals surface area contributed by atoms with Crippen LogP contribution in [-0.4, -0.2) is 24.2 Å². The molecule has 0 saturated heterocycles. The maximum absolute atomic E-state index is 13.4. The molecule has 2 unspecified atom stereocenters. The molecule has 102 valence electrons. The molecule has 0 bridgehead atoms. The predicted molar refractivity (Wildman–Crippen MR) is 65.6 cm³/mol. The van der Waals surface area contributed by atoms with E-state index in [1.54, 1.807) is 24.3 Å². The number of aromatic amines is 1. The van der Waals surface area contributed by atoms with Gasteiger partial charge in [-0.2, -0.15) is 4.39 Å². The standard InChI is InChI=1S/C13H12F3NO2/c14-6-5-10(15)12(16)19-11-7-17-13(18)9-4-2-1-3-8(9)11/h1-4,7,10,12H,5-6H2,(H,17,18). The zero-order chi connectivity index (χ0) is 13.8. The lowest BCUT2D eigenvalue weighted by Gasteiger charge is -2.15. The molecular weight excluding hydrogens is 259 g/mol. The molecule has 0 radical (unpaired) electrons. The normalized spacial score (nSPS) is 14.3. The van der Waals surface area contributed by atoms with Gasteiger partial charge in [0.2, 0.25) is 0 Å². The van der Waals surface area contributed by atoms with E-state index < -0.39 is 25.6 Å². The van der Waals surface area contributed by atoms with Crippen LogP contribution >= 0.6 is 0 Å². The van der Waals surface area contributed by atoms with Gasteiger partial charge in [-0.05, 0) is 6.07 Å². The molecule has 19 heavy (non-hydrogen) atoms. The zero-order valence-corrected chi connectivity index (χ0v) is 9.91. The van der Waals surface area contributed by atoms with Crippen molar-refractivity contribution < 1.29 is 17.9 Å². The number of hydrogen-bond acceptors (Lipinski definition) is 2. The summed E-state index contributed by atoms with van der Waals surface area (Å²) in [6.07, 6.45) is -3.72. The molecule has 0 aliphatic carbocycles. The van der Waals surface area contributed by atoms with Gasteiger partial charge < -0.3 is 9.72 Å². The first-order chi connectivity index (χ1) is 9.13. The van der Waals surface area contributed by atoms with Crippen LogP contribution in [0.3, 0.4) is 0 Å². The Morgan fingerprint density at radius 1 is 1.21 bits per heavy atom. The summed E-state index contributed by atoms with van der Waals surface area (Å²) in [6, 6.07) is 6.41. The number of nitrogens with one attached hydrogen (secondary N) is 1. The number of ether oxygens (including phenoxy) is 1. The monoisotopic (exact) mass is 271 g/mol. The molecule has 0 amide bonds. The number of alkyl halides is 3. The van der Waals surface area contributed by atoms with Crippen LogP contribution in [-0.2, 0) is 0 Å². The van der Waals surface area contributed by atoms with Crippen molar-refractivity contribution in [1.29, 1.82) is 0 Å². The summed E-state index contributed by atoms with van der Waals surface area (Å²) in [4.78, 5) is 13.9. The van der Waals surface area contributed by atoms with Gasteiger partial charge in [-0.3, -0.25) is 9.18 Å². The summed E-state index contributed by atoms with van der Waals surface area (Å²) in [6.45, 7) is -0.961. The molecule has 0 saturated carbocycles. The third kappa shape index (κ3) is 2.89. The van der Waals surface area contributed by atoms with Crippen LogP contribution in [0.1, 0.15) is 6.42 Å². The van der Waals surface area contributed by atoms with Crippen molar-refractivity contribution in [2.24, 2.45) is 0 Å². The quantitative estimate of drug-likeness (QED) is 0.908. The Hall–Kier alpha value is -1.98. The minimum atomic E-state index is -2.27. The van der Waals surface area contributed by atoms with Crippen LogP contribution < -0.4 is 10.3 Å². The molecule has 2 rings (SSSR count). The van der Waals surface area contributed by atoms with E-state index in [9.17, 15) is 18.0 Å². The Balaban J connectivity index is 2.31. The van der Waals surface area contributed by atoms with E-state index in [-0.39, 0.29) is 11.3 Å². The molecule has 1 aromatic carbocycles. The number of aromatic nitrogens is 1. The van der Waals surface area contributed by atoms with Crippen molar-refractivity contribution in [3.05, 3.63) is 40.8 Å². The zero-order valence-electron chi connectivity index (χ0n) is 9.91. The Morgan fingerprint density at radius 3 is 2.58 bits per heavy atom. The lowest BCUT2D eigenvalue weighted by atomic mass is 10.1. The van der Waals surface area contributed by atoms with E-state index in [2.05, 4.69) is 4.98 Å². The van der Waals surface area contributed by atoms with Crippen LogP contribution in [0.15, 0.2) is 35.3 Å². The predicted octanol–water partition coefficient (Wildman–Crippen LogP) is 2.90. The van der Waals surface area contributed by atoms with E-state index >= 15 is 0 Å². The first kappa shape index (κ1) is 13.5. The van der Waals surface area contributed by atoms with Gasteiger partial charge in [0.05, 0.1) is 12.1 Å². The van der Waals surface area contributed by atoms with Crippen molar-refractivity contribution >= 4 is 10.8 Å². The molecule has 6 heteroatoms. The van der Waals surface area contributed by atoms with Gasteiger partial charge >= 0.3 is 0 Å². The van der Waals surface area contributed by atoms with Gasteiger partial charge in [-0.1, -0.05) is 18.2 Å². The van der Waals surface area contributed by atoms with Gasteiger partial charge in [0.1, 0.15) is 5.75 Å². The maximum Gasteiger partial charge on any atom is 0.269 e. The molecule has 1 aromatic heterocycles. The van der Waals surface area contributed by atoms with E-state index in [0.29, 0.717) is 10.8 Å². The largest absolute Gasteiger partial charge is 0.455 e. The van der Waals surface area contributed by atoms with Crippen LogP contribution in [0.5, 0.6) is 5.75 Å². The van der Waals surface area contributed by atoms with Gasteiger partial charge in [0.15, 0.2) is 6.17 Å². The first-order valence-corrected chi connectivity index (χ1v) is 5.74. The topological polar surface area (TPSA) is 42.1 Å². The van der Waals surface area contributed by atoms with E-state index in [1.165, 1.54) is 6.20 Å². The summed E-state index contributed by atoms with van der Waals surface area (Å²) < 4.78 is 43.3. The Labute approximate surface area is 107 Å². The van der Waals surface area contributed by atoms with Gasteiger partial charge in [0.25, 0.3) is 11.9 Å². The van der Waals surface area contributed by atoms with Crippen molar-refractivity contribution in [1.82, 2.24) is 4.98 Å². The molecule has 1 heterocycles. The average Bonchev–Trinajstić information content (AvgIpc) is 2.42. The van der Waals surface area contributed by atoms with Gasteiger partial charge in [-0.25, -0.2) is 4.39 Å². The smallest absolute Gasteiger partial charge is 0.269 e. The van der Waals surface area contributed by atoms with Crippen LogP contribution in [0.25, 0.3) is 10.8 Å². The SMILES string of the molecule is O=c1[nH]cc(OC(F)C(F)CCF)c2ccccc12. The van der Waals surface area contributed by atoms with E-state index in [1.807, 2.05) is 0 Å². The molecule has 0 fully saturated rings. The lowest BCUT2D eigenvalue weighted by molar-refractivity contribution is -0.0103. The number of hydrogen-bond donors (Lipinski definition) is 1. The fourth-order valence-corrected chi connectivity index (χ4v) is 1.71. The highest BCUT2D eigenvalue weighted by Crippen LogP contribution is 2.24. The highest BCUT2D eigenvalue weighted by molar-refractivity contribution is 5.86. The average molecular weight is 271 g/mol. The third-order valence-corrected chi connectivity index (χ3v) is 2.68. The Kier molecular flexibility index (Phi) is 4.09. The van der Waals surface area contributed by atoms with E-state index in [0.717, 1.165) is 0 Å². The molecule has 1 N–H and O–H groups in total. The van der Waals surface area contributed by atoms with Gasteiger partial charge in [0, 0.05) is 18.0 Å². The minimum absolute atomic E-state index is 0.0178. The minimum Gasteiger partial charge on any atom is -0.455 e. The second-order valence-corrected chi connectivity index (χ2v) is 3.99. The van der Waals surface area contributed by atoms with Crippen molar-refractivity contribution in [3.8, 4) is 5.75 Å². The fourth-order valence-electron chi connectivity index (χ4n) is 1.71. The highest BCUT2D eigenvalue weighted by Gasteiger charge is 2.22. The van der Waals surface area contributed by atoms with Crippen LogP contribution in [0.4, 0.5) is 13.2 Å². The number of rotatable bonds is 5. The summed E-state index contributed by atoms with van der Waals surface area (Å²) in [5, 5.41) is 0.689. The number of fused-ring (bicyclic) bond motifs is 1. The summed E-state index contributed by atoms with van der Waals surface area (Å²) in [5.74, 6) is 0.0178. The lowest BCUT2D eigenvalue weighted by Crippen LogP contribution is -2.24. The number of pyridine rings is 1. The van der Waals surface area contributed by atoms with Gasteiger partial charge in [-0.15, -0.1) is 0 Å². The molecule has 2 aromatic rings. The molecule has 2 atom stereocenters. The Bertz CT molecular complexity index is 614. The van der Waals surface area contributed by atoms with Crippen LogP contribution in [0, 0.1) is 0 Å². The summed E-state index contributed by atoms with van der Waals surface area (Å²) in [5.41, 5.74) is -0.348. The van der Waals surface area contributed by atoms with Crippen molar-refractivity contribution in [3.63, 3.8) is 0 Å². The highest BCUT2D eigenvalue weighted by atomic mass is 19.2. The van der Waals surface area contributed by atoms with Crippen molar-refractivity contribution in [2.45, 2.75) is 19.0 Å². The Morgan fingerprint density at radius 2 is 1.89 bits per heavy atom. The second-order valence-electron chi connectivity index (χ2n) is 3.99. The maximum atomic E-state index is 13.4. The van der Waals surface area contributed by atoms with Crippen molar-refractivity contribution in [2.75, 3.05) is 6.67 Å². The third-order valence-electron chi connectivity index (χ3n) is 2.68. The number of halogens is 3.